The van der Waals surface area contributed by atoms with Crippen molar-refractivity contribution in [2.75, 3.05) is 11.5 Å². The number of aromatic nitrogens is 6. The number of fused-ring (bicyclic) bond motifs is 1. The first-order chi connectivity index (χ1) is 16.3. The Kier molecular flexibility index (Phi) is 5.04. The van der Waals surface area contributed by atoms with E-state index < -0.39 is 35.3 Å². The average molecular weight is 466 g/mol. The van der Waals surface area contributed by atoms with E-state index in [9.17, 15) is 17.6 Å². The van der Waals surface area contributed by atoms with E-state index in [0.717, 1.165) is 12.1 Å². The van der Waals surface area contributed by atoms with Crippen molar-refractivity contribution in [2.45, 2.75) is 6.42 Å². The normalized spacial score (nSPS) is 11.3. The van der Waals surface area contributed by atoms with Gasteiger partial charge >= 0.3 is 0 Å². The Hall–Kier alpha value is -4.61. The second-order valence-corrected chi connectivity index (χ2v) is 7.31. The Bertz CT molecular complexity index is 1530. The molecule has 5 rings (SSSR count). The molecule has 0 saturated carbocycles. The third-order valence-electron chi connectivity index (χ3n) is 5.19. The van der Waals surface area contributed by atoms with Crippen molar-refractivity contribution in [3.63, 3.8) is 0 Å². The summed E-state index contributed by atoms with van der Waals surface area (Å²) in [5, 5.41) is 4.55. The highest BCUT2D eigenvalue weighted by Crippen LogP contribution is 2.31. The summed E-state index contributed by atoms with van der Waals surface area (Å²) < 4.78 is 57.5. The smallest absolute Gasteiger partial charge is 0.255 e. The van der Waals surface area contributed by atoms with Crippen LogP contribution in [0, 0.1) is 23.3 Å². The zero-order chi connectivity index (χ0) is 24.0. The molecule has 0 aliphatic rings. The highest BCUT2D eigenvalue weighted by Gasteiger charge is 2.21. The lowest BCUT2D eigenvalue weighted by Crippen LogP contribution is -2.10. The van der Waals surface area contributed by atoms with Gasteiger partial charge in [-0.1, -0.05) is 0 Å². The van der Waals surface area contributed by atoms with Gasteiger partial charge in [-0.15, -0.1) is 0 Å². The molecule has 0 fully saturated rings. The predicted molar refractivity (Wildman–Crippen MR) is 116 cm³/mol. The van der Waals surface area contributed by atoms with Gasteiger partial charge in [0.15, 0.2) is 11.6 Å². The van der Waals surface area contributed by atoms with Crippen molar-refractivity contribution in [3.8, 4) is 17.1 Å². The number of hydrogen-bond donors (Lipinski definition) is 2. The minimum absolute atomic E-state index is 0.00633. The van der Waals surface area contributed by atoms with Gasteiger partial charge in [-0.25, -0.2) is 27.5 Å². The zero-order valence-corrected chi connectivity index (χ0v) is 17.2. The van der Waals surface area contributed by atoms with Gasteiger partial charge in [0.1, 0.15) is 29.6 Å². The largest absolute Gasteiger partial charge is 0.383 e. The molecule has 5 aromatic rings. The summed E-state index contributed by atoms with van der Waals surface area (Å²) in [6, 6.07) is 5.21. The van der Waals surface area contributed by atoms with Crippen molar-refractivity contribution in [2.24, 2.45) is 0 Å². The van der Waals surface area contributed by atoms with Gasteiger partial charge in [-0.3, -0.25) is 0 Å². The molecule has 0 atom stereocenters. The van der Waals surface area contributed by atoms with Crippen LogP contribution >= 0.6 is 0 Å². The van der Waals surface area contributed by atoms with Gasteiger partial charge in [-0.05, 0) is 30.3 Å². The summed E-state index contributed by atoms with van der Waals surface area (Å²) in [6.07, 6.45) is 3.87. The third kappa shape index (κ3) is 3.54. The van der Waals surface area contributed by atoms with E-state index in [4.69, 9.17) is 11.5 Å². The quantitative estimate of drug-likeness (QED) is 0.307. The van der Waals surface area contributed by atoms with Crippen LogP contribution in [-0.4, -0.2) is 29.7 Å². The van der Waals surface area contributed by atoms with Gasteiger partial charge in [0.2, 0.25) is 0 Å². The maximum atomic E-state index is 14.3. The highest BCUT2D eigenvalue weighted by atomic mass is 19.2. The summed E-state index contributed by atoms with van der Waals surface area (Å²) in [7, 11) is 0. The SMILES string of the molecule is Nc1nc(-n2nc(Cc3c(F)ccc(F)c3F)c3cc(F)ccc32)nc(N)c1-c1cncnc1. The lowest BCUT2D eigenvalue weighted by molar-refractivity contribution is 0.482. The summed E-state index contributed by atoms with van der Waals surface area (Å²) in [4.78, 5) is 16.3. The van der Waals surface area contributed by atoms with Crippen LogP contribution in [0.1, 0.15) is 11.3 Å². The van der Waals surface area contributed by atoms with Crippen LogP contribution in [0.3, 0.4) is 0 Å². The number of benzene rings is 2. The van der Waals surface area contributed by atoms with E-state index in [1.807, 2.05) is 0 Å². The first kappa shape index (κ1) is 21.2. The number of hydrogen-bond acceptors (Lipinski definition) is 7. The van der Waals surface area contributed by atoms with E-state index in [1.54, 1.807) is 0 Å². The fourth-order valence-corrected chi connectivity index (χ4v) is 3.64. The molecular formula is C22H14F4N8. The molecule has 8 nitrogen and oxygen atoms in total. The Morgan fingerprint density at radius 3 is 2.24 bits per heavy atom. The predicted octanol–water partition coefficient (Wildman–Crippen LogP) is 3.58. The van der Waals surface area contributed by atoms with Crippen LogP contribution in [0.2, 0.25) is 0 Å². The van der Waals surface area contributed by atoms with Gasteiger partial charge in [0.05, 0.1) is 16.8 Å². The summed E-state index contributed by atoms with van der Waals surface area (Å²) >= 11 is 0. The lowest BCUT2D eigenvalue weighted by atomic mass is 10.1. The fourth-order valence-electron chi connectivity index (χ4n) is 3.64. The molecule has 12 heteroatoms. The number of halogens is 4. The molecule has 0 bridgehead atoms. The minimum Gasteiger partial charge on any atom is -0.383 e. The molecular weight excluding hydrogens is 452 g/mol. The number of nitrogen functional groups attached to an aromatic ring is 2. The summed E-state index contributed by atoms with van der Waals surface area (Å²) in [5.74, 6) is -4.17. The van der Waals surface area contributed by atoms with Gasteiger partial charge in [0.25, 0.3) is 5.95 Å². The number of rotatable bonds is 4. The minimum atomic E-state index is -1.35. The topological polar surface area (TPSA) is 121 Å². The van der Waals surface area contributed by atoms with Crippen LogP contribution in [0.5, 0.6) is 0 Å². The van der Waals surface area contributed by atoms with Crippen LogP contribution in [0.4, 0.5) is 29.2 Å². The van der Waals surface area contributed by atoms with Crippen LogP contribution in [0.15, 0.2) is 49.1 Å². The van der Waals surface area contributed by atoms with E-state index in [0.29, 0.717) is 22.7 Å². The molecule has 0 radical (unpaired) electrons. The number of anilines is 2. The lowest BCUT2D eigenvalue weighted by Gasteiger charge is -2.10. The first-order valence-electron chi connectivity index (χ1n) is 9.81. The monoisotopic (exact) mass is 466 g/mol. The second-order valence-electron chi connectivity index (χ2n) is 7.31. The summed E-state index contributed by atoms with van der Waals surface area (Å²) in [5.41, 5.74) is 12.9. The van der Waals surface area contributed by atoms with Gasteiger partial charge in [-0.2, -0.15) is 19.7 Å². The van der Waals surface area contributed by atoms with Crippen LogP contribution in [0.25, 0.3) is 28.0 Å². The van der Waals surface area contributed by atoms with E-state index in [1.165, 1.54) is 35.5 Å². The molecule has 170 valence electrons. The van der Waals surface area contributed by atoms with Crippen molar-refractivity contribution < 1.29 is 17.6 Å². The van der Waals surface area contributed by atoms with Crippen molar-refractivity contribution in [3.05, 3.63) is 83.6 Å². The molecule has 4 N–H and O–H groups in total. The zero-order valence-electron chi connectivity index (χ0n) is 17.2. The molecule has 0 aliphatic carbocycles. The van der Waals surface area contributed by atoms with Gasteiger partial charge < -0.3 is 11.5 Å². The molecule has 0 unspecified atom stereocenters. The second kappa shape index (κ2) is 8.06. The molecule has 0 amide bonds. The Morgan fingerprint density at radius 1 is 0.853 bits per heavy atom. The van der Waals surface area contributed by atoms with E-state index >= 15 is 0 Å². The molecule has 0 saturated heterocycles. The summed E-state index contributed by atoms with van der Waals surface area (Å²) in [6.45, 7) is 0. The molecule has 3 heterocycles. The molecule has 0 spiro atoms. The maximum Gasteiger partial charge on any atom is 0.255 e. The molecule has 0 aliphatic heterocycles. The number of nitrogens with zero attached hydrogens (tertiary/aromatic N) is 6. The van der Waals surface area contributed by atoms with Crippen molar-refractivity contribution in [1.82, 2.24) is 29.7 Å². The molecule has 34 heavy (non-hydrogen) atoms. The van der Waals surface area contributed by atoms with Gasteiger partial charge in [0, 0.05) is 35.3 Å². The standard InChI is InChI=1S/C22H14F4N8/c23-11-1-4-17-13(5-11)16(6-12-14(24)2-3-15(25)19(12)26)33-34(17)22-31-20(27)18(21(28)32-22)10-7-29-9-30-8-10/h1-5,7-9H,6H2,(H4,27,28,31,32). The van der Waals surface area contributed by atoms with E-state index in [2.05, 4.69) is 25.0 Å². The average Bonchev–Trinajstić information content (AvgIpc) is 3.17. The third-order valence-corrected chi connectivity index (χ3v) is 5.19. The fraction of sp³-hybridized carbons (Fsp3) is 0.0455. The van der Waals surface area contributed by atoms with Crippen LogP contribution < -0.4 is 11.5 Å². The Morgan fingerprint density at radius 2 is 1.53 bits per heavy atom. The van der Waals surface area contributed by atoms with Crippen LogP contribution in [-0.2, 0) is 6.42 Å². The Balaban J connectivity index is 1.67. The van der Waals surface area contributed by atoms with Crippen molar-refractivity contribution in [1.29, 1.82) is 0 Å². The maximum absolute atomic E-state index is 14.3. The number of nitrogens with two attached hydrogens (primary N) is 2. The first-order valence-corrected chi connectivity index (χ1v) is 9.81. The Labute approximate surface area is 188 Å². The molecule has 3 aromatic heterocycles. The molecule has 2 aromatic carbocycles. The van der Waals surface area contributed by atoms with Crippen molar-refractivity contribution >= 4 is 22.5 Å². The highest BCUT2D eigenvalue weighted by molar-refractivity contribution is 5.85. The van der Waals surface area contributed by atoms with E-state index in [-0.39, 0.29) is 28.7 Å².